The number of carboxylic acid groups (broad SMARTS) is 1. The molecular formula is C12H19NO4. The summed E-state index contributed by atoms with van der Waals surface area (Å²) in [4.78, 5) is 22.5. The van der Waals surface area contributed by atoms with Crippen molar-refractivity contribution in [3.63, 3.8) is 0 Å². The Morgan fingerprint density at radius 2 is 2.12 bits per heavy atom. The first-order valence-electron chi connectivity index (χ1n) is 6.28. The zero-order valence-corrected chi connectivity index (χ0v) is 9.91. The van der Waals surface area contributed by atoms with Gasteiger partial charge >= 0.3 is 5.97 Å². The summed E-state index contributed by atoms with van der Waals surface area (Å²) in [6.07, 6.45) is 5.60. The van der Waals surface area contributed by atoms with E-state index in [4.69, 9.17) is 9.84 Å². The lowest BCUT2D eigenvalue weighted by Gasteiger charge is -2.22. The highest BCUT2D eigenvalue weighted by molar-refractivity contribution is 5.89. The molecule has 17 heavy (non-hydrogen) atoms. The number of amides is 1. The van der Waals surface area contributed by atoms with E-state index in [9.17, 15) is 9.59 Å². The number of hydrogen-bond acceptors (Lipinski definition) is 3. The van der Waals surface area contributed by atoms with Crippen LogP contribution in [-0.4, -0.2) is 35.2 Å². The molecule has 1 atom stereocenters. The molecule has 0 aromatic heterocycles. The molecule has 0 bridgehead atoms. The third-order valence-corrected chi connectivity index (χ3v) is 3.51. The van der Waals surface area contributed by atoms with E-state index >= 15 is 0 Å². The molecule has 1 aliphatic heterocycles. The van der Waals surface area contributed by atoms with E-state index in [1.165, 1.54) is 0 Å². The van der Waals surface area contributed by atoms with Crippen LogP contribution in [0.2, 0.25) is 0 Å². The van der Waals surface area contributed by atoms with Crippen LogP contribution in [-0.2, 0) is 14.3 Å². The minimum atomic E-state index is -0.954. The Labute approximate surface area is 101 Å². The summed E-state index contributed by atoms with van der Waals surface area (Å²) < 4.78 is 5.53. The zero-order valence-electron chi connectivity index (χ0n) is 9.91. The maximum Gasteiger partial charge on any atom is 0.329 e. The average molecular weight is 241 g/mol. The number of rotatable bonds is 5. The lowest BCUT2D eigenvalue weighted by molar-refractivity contribution is -0.143. The van der Waals surface area contributed by atoms with Gasteiger partial charge < -0.3 is 15.2 Å². The topological polar surface area (TPSA) is 75.6 Å². The lowest BCUT2D eigenvalue weighted by atomic mass is 10.0. The van der Waals surface area contributed by atoms with Crippen LogP contribution >= 0.6 is 0 Å². The second-order valence-corrected chi connectivity index (χ2v) is 4.96. The van der Waals surface area contributed by atoms with Crippen LogP contribution in [0.5, 0.6) is 0 Å². The van der Waals surface area contributed by atoms with Crippen molar-refractivity contribution < 1.29 is 19.4 Å². The minimum absolute atomic E-state index is 0.168. The molecule has 1 unspecified atom stereocenters. The number of ether oxygens (including phenoxy) is 1. The summed E-state index contributed by atoms with van der Waals surface area (Å²) in [5.74, 6) is -1.08. The standard InChI is InChI=1S/C12H19NO4/c14-10(13-12(6-7-12)11(15)16)5-4-9-3-1-2-8-17-9/h9H,1-8H2,(H,13,14)(H,15,16). The Balaban J connectivity index is 1.69. The molecule has 0 spiro atoms. The van der Waals surface area contributed by atoms with Crippen molar-refractivity contribution >= 4 is 11.9 Å². The molecule has 2 N–H and O–H groups in total. The van der Waals surface area contributed by atoms with Crippen LogP contribution in [0.1, 0.15) is 44.9 Å². The van der Waals surface area contributed by atoms with Gasteiger partial charge in [0, 0.05) is 13.0 Å². The highest BCUT2D eigenvalue weighted by Gasteiger charge is 2.51. The lowest BCUT2D eigenvalue weighted by Crippen LogP contribution is -2.43. The molecule has 0 radical (unpaired) electrons. The summed E-state index contributed by atoms with van der Waals surface area (Å²) in [6.45, 7) is 0.783. The fourth-order valence-corrected chi connectivity index (χ4v) is 2.17. The Hall–Kier alpha value is -1.10. The van der Waals surface area contributed by atoms with Crippen LogP contribution in [0, 0.1) is 0 Å². The molecule has 2 fully saturated rings. The van der Waals surface area contributed by atoms with E-state index in [-0.39, 0.29) is 12.0 Å². The predicted molar refractivity (Wildman–Crippen MR) is 60.6 cm³/mol. The first-order chi connectivity index (χ1) is 8.12. The van der Waals surface area contributed by atoms with Crippen molar-refractivity contribution in [3.05, 3.63) is 0 Å². The Morgan fingerprint density at radius 1 is 1.35 bits per heavy atom. The predicted octanol–water partition coefficient (Wildman–Crippen LogP) is 1.07. The van der Waals surface area contributed by atoms with E-state index < -0.39 is 11.5 Å². The second-order valence-electron chi connectivity index (χ2n) is 4.96. The highest BCUT2D eigenvalue weighted by atomic mass is 16.5. The maximum absolute atomic E-state index is 11.6. The molecule has 1 aliphatic carbocycles. The molecule has 2 aliphatic rings. The van der Waals surface area contributed by atoms with Crippen LogP contribution in [0.3, 0.4) is 0 Å². The molecule has 1 heterocycles. The number of aliphatic carboxylic acids is 1. The van der Waals surface area contributed by atoms with Crippen LogP contribution in [0.15, 0.2) is 0 Å². The molecule has 1 saturated carbocycles. The Morgan fingerprint density at radius 3 is 2.65 bits per heavy atom. The van der Waals surface area contributed by atoms with Gasteiger partial charge in [0.05, 0.1) is 6.10 Å². The molecule has 0 aromatic rings. The fraction of sp³-hybridized carbons (Fsp3) is 0.833. The maximum atomic E-state index is 11.6. The van der Waals surface area contributed by atoms with Crippen molar-refractivity contribution in [2.45, 2.75) is 56.6 Å². The molecule has 5 nitrogen and oxygen atoms in total. The van der Waals surface area contributed by atoms with Crippen LogP contribution < -0.4 is 5.32 Å². The van der Waals surface area contributed by atoms with E-state index in [1.54, 1.807) is 0 Å². The van der Waals surface area contributed by atoms with Crippen molar-refractivity contribution in [3.8, 4) is 0 Å². The van der Waals surface area contributed by atoms with E-state index in [0.29, 0.717) is 25.7 Å². The number of nitrogens with one attached hydrogen (secondary N) is 1. The van der Waals surface area contributed by atoms with Gasteiger partial charge in [-0.25, -0.2) is 4.79 Å². The molecule has 96 valence electrons. The van der Waals surface area contributed by atoms with E-state index in [1.807, 2.05) is 0 Å². The van der Waals surface area contributed by atoms with Gasteiger partial charge in [-0.3, -0.25) is 4.79 Å². The second kappa shape index (κ2) is 5.04. The largest absolute Gasteiger partial charge is 0.480 e. The van der Waals surface area contributed by atoms with Gasteiger partial charge in [0.2, 0.25) is 5.91 Å². The normalized spacial score (nSPS) is 26.2. The van der Waals surface area contributed by atoms with Crippen molar-refractivity contribution in [2.24, 2.45) is 0 Å². The van der Waals surface area contributed by atoms with Crippen molar-refractivity contribution in [1.29, 1.82) is 0 Å². The molecule has 0 aromatic carbocycles. The third-order valence-electron chi connectivity index (χ3n) is 3.51. The zero-order chi connectivity index (χ0) is 12.3. The Kier molecular flexibility index (Phi) is 3.66. The molecule has 1 amide bonds. The summed E-state index contributed by atoms with van der Waals surface area (Å²) in [5.41, 5.74) is -0.954. The van der Waals surface area contributed by atoms with Crippen molar-refractivity contribution in [2.75, 3.05) is 6.61 Å². The Bertz CT molecular complexity index is 306. The van der Waals surface area contributed by atoms with E-state index in [0.717, 1.165) is 25.9 Å². The molecular weight excluding hydrogens is 222 g/mol. The first-order valence-corrected chi connectivity index (χ1v) is 6.28. The van der Waals surface area contributed by atoms with Gasteiger partial charge in [0.25, 0.3) is 0 Å². The van der Waals surface area contributed by atoms with Gasteiger partial charge in [0.15, 0.2) is 0 Å². The summed E-state index contributed by atoms with van der Waals surface area (Å²) in [7, 11) is 0. The summed E-state index contributed by atoms with van der Waals surface area (Å²) >= 11 is 0. The smallest absolute Gasteiger partial charge is 0.329 e. The minimum Gasteiger partial charge on any atom is -0.480 e. The number of hydrogen-bond donors (Lipinski definition) is 2. The molecule has 1 saturated heterocycles. The summed E-state index contributed by atoms with van der Waals surface area (Å²) in [6, 6.07) is 0. The van der Waals surface area contributed by atoms with E-state index in [2.05, 4.69) is 5.32 Å². The van der Waals surface area contributed by atoms with Crippen LogP contribution in [0.25, 0.3) is 0 Å². The fourth-order valence-electron chi connectivity index (χ4n) is 2.17. The number of carboxylic acids is 1. The molecule has 2 rings (SSSR count). The number of carbonyl (C=O) groups is 2. The quantitative estimate of drug-likeness (QED) is 0.755. The summed E-state index contributed by atoms with van der Waals surface area (Å²) in [5, 5.41) is 11.5. The van der Waals surface area contributed by atoms with Crippen LogP contribution in [0.4, 0.5) is 0 Å². The highest BCUT2D eigenvalue weighted by Crippen LogP contribution is 2.35. The SMILES string of the molecule is O=C(CCC1CCCCO1)NC1(C(=O)O)CC1. The number of carbonyl (C=O) groups excluding carboxylic acids is 1. The van der Waals surface area contributed by atoms with Crippen molar-refractivity contribution in [1.82, 2.24) is 5.32 Å². The van der Waals surface area contributed by atoms with Gasteiger partial charge in [-0.15, -0.1) is 0 Å². The third kappa shape index (κ3) is 3.19. The monoisotopic (exact) mass is 241 g/mol. The average Bonchev–Trinajstić information content (AvgIpc) is 3.09. The first kappa shape index (κ1) is 12.4. The van der Waals surface area contributed by atoms with Gasteiger partial charge in [-0.1, -0.05) is 0 Å². The van der Waals surface area contributed by atoms with Gasteiger partial charge in [-0.2, -0.15) is 0 Å². The molecule has 5 heteroatoms. The van der Waals surface area contributed by atoms with Gasteiger partial charge in [-0.05, 0) is 38.5 Å². The van der Waals surface area contributed by atoms with Gasteiger partial charge in [0.1, 0.15) is 5.54 Å².